The van der Waals surface area contributed by atoms with E-state index in [1.165, 1.54) is 25.3 Å². The molecule has 0 saturated carbocycles. The van der Waals surface area contributed by atoms with E-state index in [1.807, 2.05) is 20.8 Å². The summed E-state index contributed by atoms with van der Waals surface area (Å²) in [6.07, 6.45) is 0. The van der Waals surface area contributed by atoms with E-state index in [1.54, 1.807) is 27.0 Å². The molecule has 2 N–H and O–H groups in total. The van der Waals surface area contributed by atoms with Crippen LogP contribution in [0.1, 0.15) is 46.1 Å². The lowest BCUT2D eigenvalue weighted by atomic mass is 9.80. The zero-order chi connectivity index (χ0) is 24.2. The summed E-state index contributed by atoms with van der Waals surface area (Å²) < 4.78 is 10.6. The molecule has 1 heterocycles. The maximum Gasteiger partial charge on any atom is 0.336 e. The van der Waals surface area contributed by atoms with Crippen molar-refractivity contribution in [3.8, 4) is 0 Å². The van der Waals surface area contributed by atoms with Crippen LogP contribution in [0.3, 0.4) is 0 Å². The molecule has 2 rings (SSSR count). The van der Waals surface area contributed by atoms with Crippen LogP contribution in [0.2, 0.25) is 0 Å². The van der Waals surface area contributed by atoms with Crippen molar-refractivity contribution in [2.45, 2.75) is 46.6 Å². The normalized spacial score (nSPS) is 17.5. The van der Waals surface area contributed by atoms with E-state index < -0.39 is 22.8 Å². The summed E-state index contributed by atoms with van der Waals surface area (Å²) in [5, 5.41) is 17.5. The number of likely N-dealkylation sites (N-methyl/N-ethyl adjacent to an activating group) is 1. The number of hydrogen-bond acceptors (Lipinski definition) is 8. The van der Waals surface area contributed by atoms with Crippen molar-refractivity contribution in [1.82, 2.24) is 10.6 Å². The monoisotopic (exact) mass is 445 g/mol. The quantitative estimate of drug-likeness (QED) is 0.373. The first-order chi connectivity index (χ1) is 14.9. The minimum absolute atomic E-state index is 0.0995. The topological polar surface area (TPSA) is 120 Å². The number of hydrogen-bond donors (Lipinski definition) is 2. The predicted octanol–water partition coefficient (Wildman–Crippen LogP) is 3.18. The average Bonchev–Trinajstić information content (AvgIpc) is 2.72. The molecular formula is C23H31N3O6. The number of ether oxygens (including phenoxy) is 2. The Hall–Kier alpha value is -3.20. The SMILES string of the molecule is CNC(COC(=O)C1=C(C)NC(C)=C(C(=O)OC)C1c1cccc([N+](=O)[O-])c1)C(C)(C)C. The van der Waals surface area contributed by atoms with Gasteiger partial charge in [-0.1, -0.05) is 32.9 Å². The minimum atomic E-state index is -0.876. The molecule has 0 amide bonds. The van der Waals surface area contributed by atoms with Crippen molar-refractivity contribution in [1.29, 1.82) is 0 Å². The van der Waals surface area contributed by atoms with Gasteiger partial charge in [-0.25, -0.2) is 9.59 Å². The predicted molar refractivity (Wildman–Crippen MR) is 120 cm³/mol. The Kier molecular flexibility index (Phi) is 7.79. The summed E-state index contributed by atoms with van der Waals surface area (Å²) in [4.78, 5) is 36.7. The number of nitro benzene ring substituents is 1. The maximum atomic E-state index is 13.3. The zero-order valence-electron chi connectivity index (χ0n) is 19.6. The number of rotatable bonds is 7. The number of nitrogens with one attached hydrogen (secondary N) is 2. The Balaban J connectivity index is 2.54. The van der Waals surface area contributed by atoms with Gasteiger partial charge in [0.2, 0.25) is 0 Å². The molecule has 1 aliphatic heterocycles. The van der Waals surface area contributed by atoms with Gasteiger partial charge in [-0.3, -0.25) is 10.1 Å². The average molecular weight is 446 g/mol. The van der Waals surface area contributed by atoms with Crippen LogP contribution < -0.4 is 10.6 Å². The lowest BCUT2D eigenvalue weighted by Gasteiger charge is -2.32. The molecule has 174 valence electrons. The maximum absolute atomic E-state index is 13.3. The van der Waals surface area contributed by atoms with Crippen LogP contribution >= 0.6 is 0 Å². The summed E-state index contributed by atoms with van der Waals surface area (Å²) in [5.74, 6) is -2.12. The van der Waals surface area contributed by atoms with E-state index in [2.05, 4.69) is 10.6 Å². The molecule has 32 heavy (non-hydrogen) atoms. The number of non-ortho nitro benzene ring substituents is 1. The second-order valence-corrected chi connectivity index (χ2v) is 8.78. The van der Waals surface area contributed by atoms with Crippen molar-refractivity contribution < 1.29 is 24.0 Å². The van der Waals surface area contributed by atoms with Gasteiger partial charge >= 0.3 is 11.9 Å². The molecule has 0 spiro atoms. The second kappa shape index (κ2) is 9.95. The molecule has 0 saturated heterocycles. The number of methoxy groups -OCH3 is 1. The van der Waals surface area contributed by atoms with Crippen LogP contribution in [0.15, 0.2) is 46.8 Å². The molecule has 2 atom stereocenters. The highest BCUT2D eigenvalue weighted by atomic mass is 16.6. The smallest absolute Gasteiger partial charge is 0.336 e. The van der Waals surface area contributed by atoms with Gasteiger partial charge in [-0.2, -0.15) is 0 Å². The second-order valence-electron chi connectivity index (χ2n) is 8.78. The van der Waals surface area contributed by atoms with Gasteiger partial charge < -0.3 is 20.1 Å². The van der Waals surface area contributed by atoms with Crippen molar-refractivity contribution >= 4 is 17.6 Å². The lowest BCUT2D eigenvalue weighted by molar-refractivity contribution is -0.384. The van der Waals surface area contributed by atoms with Gasteiger partial charge in [0.1, 0.15) is 6.61 Å². The van der Waals surface area contributed by atoms with Crippen LogP contribution in [-0.2, 0) is 19.1 Å². The van der Waals surface area contributed by atoms with Gasteiger partial charge in [0.25, 0.3) is 5.69 Å². The number of nitro groups is 1. The number of allylic oxidation sites excluding steroid dienone is 2. The Morgan fingerprint density at radius 3 is 2.28 bits per heavy atom. The van der Waals surface area contributed by atoms with E-state index in [-0.39, 0.29) is 34.9 Å². The van der Waals surface area contributed by atoms with Crippen LogP contribution in [0.4, 0.5) is 5.69 Å². The molecule has 2 unspecified atom stereocenters. The minimum Gasteiger partial charge on any atom is -0.466 e. The summed E-state index contributed by atoms with van der Waals surface area (Å²) in [6.45, 7) is 9.61. The van der Waals surface area contributed by atoms with Gasteiger partial charge in [0.05, 0.1) is 29.1 Å². The Labute approximate surface area is 188 Å². The zero-order valence-corrected chi connectivity index (χ0v) is 19.6. The fourth-order valence-electron chi connectivity index (χ4n) is 3.80. The van der Waals surface area contributed by atoms with Crippen molar-refractivity contribution in [3.63, 3.8) is 0 Å². The summed E-state index contributed by atoms with van der Waals surface area (Å²) in [6, 6.07) is 5.78. The standard InChI is InChI=1S/C23H31N3O6/c1-13-18(21(27)31-7)20(15-9-8-10-16(11-15)26(29)30)19(14(2)25-13)22(28)32-12-17(24-6)23(3,4)5/h8-11,17,20,24-25H,12H2,1-7H3. The highest BCUT2D eigenvalue weighted by molar-refractivity contribution is 5.99. The molecule has 1 aromatic rings. The summed E-state index contributed by atoms with van der Waals surface area (Å²) in [5.41, 5.74) is 1.55. The van der Waals surface area contributed by atoms with Gasteiger partial charge in [-0.05, 0) is 31.9 Å². The van der Waals surface area contributed by atoms with Crippen molar-refractivity contribution in [3.05, 3.63) is 62.5 Å². The summed E-state index contributed by atoms with van der Waals surface area (Å²) in [7, 11) is 3.04. The van der Waals surface area contributed by atoms with Gasteiger partial charge in [-0.15, -0.1) is 0 Å². The number of nitrogens with zero attached hydrogens (tertiary/aromatic N) is 1. The van der Waals surface area contributed by atoms with E-state index in [4.69, 9.17) is 9.47 Å². The highest BCUT2D eigenvalue weighted by Gasteiger charge is 2.38. The molecule has 9 heteroatoms. The summed E-state index contributed by atoms with van der Waals surface area (Å²) >= 11 is 0. The third kappa shape index (κ3) is 5.34. The van der Waals surface area contributed by atoms with Crippen LogP contribution in [0, 0.1) is 15.5 Å². The number of dihydropyridines is 1. The molecule has 9 nitrogen and oxygen atoms in total. The molecular weight excluding hydrogens is 414 g/mol. The third-order valence-electron chi connectivity index (χ3n) is 5.57. The number of carbonyl (C=O) groups excluding carboxylic acids is 2. The van der Waals surface area contributed by atoms with Crippen molar-refractivity contribution in [2.75, 3.05) is 20.8 Å². The Morgan fingerprint density at radius 2 is 1.78 bits per heavy atom. The third-order valence-corrected chi connectivity index (χ3v) is 5.57. The van der Waals surface area contributed by atoms with E-state index in [0.29, 0.717) is 17.0 Å². The van der Waals surface area contributed by atoms with Crippen LogP contribution in [-0.4, -0.2) is 43.7 Å². The molecule has 1 aliphatic rings. The Morgan fingerprint density at radius 1 is 1.19 bits per heavy atom. The highest BCUT2D eigenvalue weighted by Crippen LogP contribution is 2.40. The molecule has 0 aliphatic carbocycles. The molecule has 1 aromatic carbocycles. The Bertz CT molecular complexity index is 974. The molecule has 0 radical (unpaired) electrons. The first-order valence-electron chi connectivity index (χ1n) is 10.3. The fraction of sp³-hybridized carbons (Fsp3) is 0.478. The van der Waals surface area contributed by atoms with E-state index in [9.17, 15) is 19.7 Å². The van der Waals surface area contributed by atoms with Crippen LogP contribution in [0.5, 0.6) is 0 Å². The molecule has 0 aromatic heterocycles. The van der Waals surface area contributed by atoms with Crippen LogP contribution in [0.25, 0.3) is 0 Å². The largest absolute Gasteiger partial charge is 0.466 e. The first kappa shape index (κ1) is 25.1. The number of carbonyl (C=O) groups is 2. The number of esters is 2. The van der Waals surface area contributed by atoms with Crippen molar-refractivity contribution in [2.24, 2.45) is 5.41 Å². The van der Waals surface area contributed by atoms with E-state index >= 15 is 0 Å². The van der Waals surface area contributed by atoms with Gasteiger partial charge in [0.15, 0.2) is 0 Å². The first-order valence-corrected chi connectivity index (χ1v) is 10.3. The lowest BCUT2D eigenvalue weighted by Crippen LogP contribution is -2.43. The van der Waals surface area contributed by atoms with E-state index in [0.717, 1.165) is 0 Å². The van der Waals surface area contributed by atoms with Gasteiger partial charge in [0, 0.05) is 29.6 Å². The molecule has 0 fully saturated rings. The number of benzene rings is 1. The fourth-order valence-corrected chi connectivity index (χ4v) is 3.80. The molecule has 0 bridgehead atoms.